The maximum atomic E-state index is 5.62. The van der Waals surface area contributed by atoms with Gasteiger partial charge in [0.05, 0.1) is 13.2 Å². The van der Waals surface area contributed by atoms with Gasteiger partial charge in [0.15, 0.2) is 0 Å². The van der Waals surface area contributed by atoms with Crippen LogP contribution in [-0.2, 0) is 6.54 Å². The van der Waals surface area contributed by atoms with Crippen LogP contribution in [0.2, 0.25) is 0 Å². The maximum Gasteiger partial charge on any atom is 0.145 e. The summed E-state index contributed by atoms with van der Waals surface area (Å²) < 4.78 is 12.8. The van der Waals surface area contributed by atoms with E-state index in [1.165, 1.54) is 0 Å². The number of anilines is 1. The minimum atomic E-state index is 0.522. The molecule has 1 aromatic heterocycles. The highest BCUT2D eigenvalue weighted by Crippen LogP contribution is 2.19. The smallest absolute Gasteiger partial charge is 0.145 e. The molecule has 2 N–H and O–H groups in total. The highest BCUT2D eigenvalue weighted by molar-refractivity contribution is 5.32. The number of aromatic nitrogens is 2. The zero-order valence-electron chi connectivity index (χ0n) is 10.4. The first kappa shape index (κ1) is 12.3. The Morgan fingerprint density at radius 3 is 2.67 bits per heavy atom. The van der Waals surface area contributed by atoms with E-state index in [2.05, 4.69) is 5.10 Å². The Kier molecular flexibility index (Phi) is 4.06. The van der Waals surface area contributed by atoms with E-state index < -0.39 is 0 Å². The molecule has 0 aliphatic carbocycles. The van der Waals surface area contributed by atoms with Gasteiger partial charge in [-0.15, -0.1) is 0 Å². The van der Waals surface area contributed by atoms with Crippen molar-refractivity contribution in [2.45, 2.75) is 13.5 Å². The third kappa shape index (κ3) is 3.41. The topological polar surface area (TPSA) is 62.3 Å². The Balaban J connectivity index is 1.84. The Morgan fingerprint density at radius 2 is 2.00 bits per heavy atom. The predicted molar refractivity (Wildman–Crippen MR) is 69.7 cm³/mol. The molecule has 2 aromatic rings. The first-order valence-electron chi connectivity index (χ1n) is 5.92. The van der Waals surface area contributed by atoms with Crippen LogP contribution in [0.5, 0.6) is 11.5 Å². The normalized spacial score (nSPS) is 10.3. The summed E-state index contributed by atoms with van der Waals surface area (Å²) >= 11 is 0. The van der Waals surface area contributed by atoms with Crippen molar-refractivity contribution in [2.24, 2.45) is 0 Å². The standard InChI is InChI=1S/C13H17N3O2/c1-2-17-11-4-3-5-12(10-11)18-9-8-16-7-6-13(14)15-16/h3-7,10H,2,8-9H2,1H3,(H2,14,15). The van der Waals surface area contributed by atoms with E-state index in [1.54, 1.807) is 10.7 Å². The second-order valence-electron chi connectivity index (χ2n) is 3.76. The largest absolute Gasteiger partial charge is 0.494 e. The number of nitrogen functional groups attached to an aromatic ring is 1. The van der Waals surface area contributed by atoms with Crippen LogP contribution in [0.4, 0.5) is 5.82 Å². The van der Waals surface area contributed by atoms with Crippen molar-refractivity contribution in [3.05, 3.63) is 36.5 Å². The molecule has 0 aliphatic rings. The van der Waals surface area contributed by atoms with Crippen LogP contribution in [0.3, 0.4) is 0 Å². The lowest BCUT2D eigenvalue weighted by atomic mass is 10.3. The van der Waals surface area contributed by atoms with Gasteiger partial charge in [-0.25, -0.2) is 0 Å². The van der Waals surface area contributed by atoms with Crippen LogP contribution in [0.1, 0.15) is 6.92 Å². The molecule has 0 atom stereocenters. The zero-order chi connectivity index (χ0) is 12.8. The van der Waals surface area contributed by atoms with Gasteiger partial charge in [-0.05, 0) is 25.1 Å². The first-order valence-corrected chi connectivity index (χ1v) is 5.92. The van der Waals surface area contributed by atoms with Gasteiger partial charge in [0.2, 0.25) is 0 Å². The molecule has 2 rings (SSSR count). The number of nitrogens with zero attached hydrogens (tertiary/aromatic N) is 2. The fraction of sp³-hybridized carbons (Fsp3) is 0.308. The van der Waals surface area contributed by atoms with Crippen LogP contribution >= 0.6 is 0 Å². The molecule has 5 heteroatoms. The lowest BCUT2D eigenvalue weighted by molar-refractivity contribution is 0.287. The molecule has 0 unspecified atom stereocenters. The summed E-state index contributed by atoms with van der Waals surface area (Å²) in [5, 5.41) is 4.08. The van der Waals surface area contributed by atoms with Crippen molar-refractivity contribution in [3.8, 4) is 11.5 Å². The lowest BCUT2D eigenvalue weighted by Gasteiger charge is -2.08. The Labute approximate surface area is 106 Å². The Hall–Kier alpha value is -2.17. The van der Waals surface area contributed by atoms with Gasteiger partial charge in [0.25, 0.3) is 0 Å². The van der Waals surface area contributed by atoms with Crippen LogP contribution in [0.25, 0.3) is 0 Å². The minimum Gasteiger partial charge on any atom is -0.494 e. The monoisotopic (exact) mass is 247 g/mol. The molecular weight excluding hydrogens is 230 g/mol. The van der Waals surface area contributed by atoms with E-state index in [0.29, 0.717) is 25.6 Å². The third-order valence-electron chi connectivity index (χ3n) is 2.37. The first-order chi connectivity index (χ1) is 8.78. The van der Waals surface area contributed by atoms with Gasteiger partial charge >= 0.3 is 0 Å². The summed E-state index contributed by atoms with van der Waals surface area (Å²) in [5.41, 5.74) is 5.53. The summed E-state index contributed by atoms with van der Waals surface area (Å²) in [6.07, 6.45) is 1.83. The number of nitrogens with two attached hydrogens (primary N) is 1. The molecule has 0 saturated heterocycles. The summed E-state index contributed by atoms with van der Waals surface area (Å²) in [5.74, 6) is 2.13. The SMILES string of the molecule is CCOc1cccc(OCCn2ccc(N)n2)c1. The zero-order valence-corrected chi connectivity index (χ0v) is 10.4. The van der Waals surface area contributed by atoms with E-state index >= 15 is 0 Å². The number of hydrogen-bond acceptors (Lipinski definition) is 4. The van der Waals surface area contributed by atoms with Gasteiger partial charge in [-0.2, -0.15) is 5.10 Å². The molecule has 96 valence electrons. The molecule has 0 fully saturated rings. The van der Waals surface area contributed by atoms with Crippen LogP contribution in [0, 0.1) is 0 Å². The molecule has 0 spiro atoms. The maximum absolute atomic E-state index is 5.62. The van der Waals surface area contributed by atoms with Crippen LogP contribution < -0.4 is 15.2 Å². The van der Waals surface area contributed by atoms with Crippen LogP contribution in [0.15, 0.2) is 36.5 Å². The highest BCUT2D eigenvalue weighted by Gasteiger charge is 1.98. The molecular formula is C13H17N3O2. The fourth-order valence-corrected chi connectivity index (χ4v) is 1.58. The van der Waals surface area contributed by atoms with Crippen molar-refractivity contribution in [1.82, 2.24) is 9.78 Å². The second-order valence-corrected chi connectivity index (χ2v) is 3.76. The van der Waals surface area contributed by atoms with Gasteiger partial charge in [0.1, 0.15) is 23.9 Å². The molecule has 5 nitrogen and oxygen atoms in total. The number of ether oxygens (including phenoxy) is 2. The second kappa shape index (κ2) is 5.95. The van der Waals surface area contributed by atoms with E-state index in [0.717, 1.165) is 11.5 Å². The van der Waals surface area contributed by atoms with Crippen molar-refractivity contribution in [1.29, 1.82) is 0 Å². The van der Waals surface area contributed by atoms with Crippen LogP contribution in [-0.4, -0.2) is 23.0 Å². The van der Waals surface area contributed by atoms with Crippen molar-refractivity contribution < 1.29 is 9.47 Å². The molecule has 0 amide bonds. The predicted octanol–water partition coefficient (Wildman–Crippen LogP) is 1.94. The molecule has 18 heavy (non-hydrogen) atoms. The average molecular weight is 247 g/mol. The lowest BCUT2D eigenvalue weighted by Crippen LogP contribution is -2.09. The van der Waals surface area contributed by atoms with Gasteiger partial charge in [-0.1, -0.05) is 6.07 Å². The van der Waals surface area contributed by atoms with E-state index in [-0.39, 0.29) is 0 Å². The average Bonchev–Trinajstić information content (AvgIpc) is 2.76. The van der Waals surface area contributed by atoms with Gasteiger partial charge in [-0.3, -0.25) is 4.68 Å². The Bertz CT molecular complexity index is 496. The van der Waals surface area contributed by atoms with Gasteiger partial charge < -0.3 is 15.2 Å². The molecule has 0 radical (unpaired) electrons. The molecule has 1 aromatic carbocycles. The van der Waals surface area contributed by atoms with E-state index in [1.807, 2.05) is 37.4 Å². The molecule has 1 heterocycles. The highest BCUT2D eigenvalue weighted by atomic mass is 16.5. The van der Waals surface area contributed by atoms with Crippen molar-refractivity contribution in [3.63, 3.8) is 0 Å². The number of hydrogen-bond donors (Lipinski definition) is 1. The molecule has 0 aliphatic heterocycles. The summed E-state index contributed by atoms with van der Waals surface area (Å²) in [6, 6.07) is 9.35. The Morgan fingerprint density at radius 1 is 1.22 bits per heavy atom. The quantitative estimate of drug-likeness (QED) is 0.847. The molecule has 0 bridgehead atoms. The summed E-state index contributed by atoms with van der Waals surface area (Å²) in [7, 11) is 0. The van der Waals surface area contributed by atoms with E-state index in [4.69, 9.17) is 15.2 Å². The number of benzene rings is 1. The molecule has 0 saturated carbocycles. The van der Waals surface area contributed by atoms with Gasteiger partial charge in [0, 0.05) is 12.3 Å². The number of rotatable bonds is 6. The fourth-order valence-electron chi connectivity index (χ4n) is 1.58. The van der Waals surface area contributed by atoms with Crippen molar-refractivity contribution >= 4 is 5.82 Å². The van der Waals surface area contributed by atoms with E-state index in [9.17, 15) is 0 Å². The third-order valence-corrected chi connectivity index (χ3v) is 2.37. The minimum absolute atomic E-state index is 0.522. The van der Waals surface area contributed by atoms with Crippen molar-refractivity contribution in [2.75, 3.05) is 18.9 Å². The summed E-state index contributed by atoms with van der Waals surface area (Å²) in [6.45, 7) is 3.80. The summed E-state index contributed by atoms with van der Waals surface area (Å²) in [4.78, 5) is 0.